The van der Waals surface area contributed by atoms with Crippen LogP contribution in [-0.4, -0.2) is 14.2 Å². The van der Waals surface area contributed by atoms with Crippen LogP contribution >= 0.6 is 0 Å². The number of benzene rings is 1. The predicted octanol–water partition coefficient (Wildman–Crippen LogP) is 2.18. The molecule has 86 valence electrons. The molecule has 0 heterocycles. The largest absolute Gasteiger partial charge is 0.223 e. The van der Waals surface area contributed by atoms with Crippen LogP contribution in [0.5, 0.6) is 0 Å². The standard InChI is InChI=1S/C12H15NO2S/c1-10(2)9-11-3-5-12(6-4-11)16(14,15)8-7-13/h3-6,10H,8-9H2,1-2H3. The first-order chi connectivity index (χ1) is 7.45. The molecular weight excluding hydrogens is 222 g/mol. The first kappa shape index (κ1) is 12.7. The van der Waals surface area contributed by atoms with Crippen LogP contribution in [0.15, 0.2) is 29.2 Å². The lowest BCUT2D eigenvalue weighted by atomic mass is 10.0. The summed E-state index contributed by atoms with van der Waals surface area (Å²) in [6, 6.07) is 8.43. The summed E-state index contributed by atoms with van der Waals surface area (Å²) in [5.74, 6) is 0.0813. The summed E-state index contributed by atoms with van der Waals surface area (Å²) in [4.78, 5) is 0.224. The van der Waals surface area contributed by atoms with E-state index in [2.05, 4.69) is 13.8 Å². The fourth-order valence-electron chi connectivity index (χ4n) is 1.47. The van der Waals surface area contributed by atoms with Crippen LogP contribution in [0.1, 0.15) is 19.4 Å². The SMILES string of the molecule is CC(C)Cc1ccc(S(=O)(=O)CC#N)cc1. The van der Waals surface area contributed by atoms with E-state index in [1.165, 1.54) is 0 Å². The van der Waals surface area contributed by atoms with Gasteiger partial charge < -0.3 is 0 Å². The molecule has 0 amide bonds. The minimum atomic E-state index is -3.42. The van der Waals surface area contributed by atoms with Crippen LogP contribution in [0.2, 0.25) is 0 Å². The van der Waals surface area contributed by atoms with E-state index in [-0.39, 0.29) is 4.90 Å². The highest BCUT2D eigenvalue weighted by molar-refractivity contribution is 7.91. The van der Waals surface area contributed by atoms with Crippen molar-refractivity contribution in [3.63, 3.8) is 0 Å². The summed E-state index contributed by atoms with van der Waals surface area (Å²) in [5.41, 5.74) is 1.12. The summed E-state index contributed by atoms with van der Waals surface area (Å²) in [6.45, 7) is 4.22. The molecule has 0 atom stereocenters. The van der Waals surface area contributed by atoms with Crippen LogP contribution in [-0.2, 0) is 16.3 Å². The van der Waals surface area contributed by atoms with Gasteiger partial charge in [0.2, 0.25) is 0 Å². The molecule has 0 N–H and O–H groups in total. The fourth-order valence-corrected chi connectivity index (χ4v) is 2.36. The Balaban J connectivity index is 2.92. The third kappa shape index (κ3) is 3.35. The molecule has 0 fully saturated rings. The maximum atomic E-state index is 11.5. The van der Waals surface area contributed by atoms with Crippen LogP contribution in [0.25, 0.3) is 0 Å². The van der Waals surface area contributed by atoms with Gasteiger partial charge in [0.1, 0.15) is 5.75 Å². The number of sulfone groups is 1. The normalized spacial score (nSPS) is 11.4. The maximum absolute atomic E-state index is 11.5. The van der Waals surface area contributed by atoms with Gasteiger partial charge in [-0.2, -0.15) is 5.26 Å². The molecule has 0 unspecified atom stereocenters. The second-order valence-electron chi connectivity index (χ2n) is 4.16. The molecule has 0 aliphatic heterocycles. The van der Waals surface area contributed by atoms with Crippen LogP contribution in [0.3, 0.4) is 0 Å². The molecule has 16 heavy (non-hydrogen) atoms. The number of rotatable bonds is 4. The molecule has 1 aromatic rings. The molecule has 1 rings (SSSR count). The van der Waals surface area contributed by atoms with Crippen molar-refractivity contribution in [1.29, 1.82) is 5.26 Å². The van der Waals surface area contributed by atoms with Gasteiger partial charge in [0, 0.05) is 0 Å². The Morgan fingerprint density at radius 2 is 1.81 bits per heavy atom. The average Bonchev–Trinajstić information content (AvgIpc) is 2.17. The van der Waals surface area contributed by atoms with Gasteiger partial charge in [0.25, 0.3) is 0 Å². The lowest BCUT2D eigenvalue weighted by Gasteiger charge is -2.05. The van der Waals surface area contributed by atoms with E-state index in [1.54, 1.807) is 18.2 Å². The Hall–Kier alpha value is -1.34. The van der Waals surface area contributed by atoms with E-state index in [4.69, 9.17) is 5.26 Å². The van der Waals surface area contributed by atoms with Crippen molar-refractivity contribution in [1.82, 2.24) is 0 Å². The first-order valence-corrected chi connectivity index (χ1v) is 6.79. The van der Waals surface area contributed by atoms with Gasteiger partial charge in [-0.1, -0.05) is 26.0 Å². The number of hydrogen-bond acceptors (Lipinski definition) is 3. The zero-order valence-electron chi connectivity index (χ0n) is 9.47. The Bertz CT molecular complexity index is 481. The van der Waals surface area contributed by atoms with Gasteiger partial charge in [0.05, 0.1) is 11.0 Å². The minimum absolute atomic E-state index is 0.224. The van der Waals surface area contributed by atoms with Crippen molar-refractivity contribution in [3.8, 4) is 6.07 Å². The van der Waals surface area contributed by atoms with Crippen molar-refractivity contribution in [2.75, 3.05) is 5.75 Å². The van der Waals surface area contributed by atoms with Crippen molar-refractivity contribution in [2.24, 2.45) is 5.92 Å². The van der Waals surface area contributed by atoms with E-state index < -0.39 is 15.6 Å². The molecule has 0 bridgehead atoms. The van der Waals surface area contributed by atoms with Crippen LogP contribution < -0.4 is 0 Å². The van der Waals surface area contributed by atoms with Crippen molar-refractivity contribution in [2.45, 2.75) is 25.2 Å². The molecule has 3 nitrogen and oxygen atoms in total. The Morgan fingerprint density at radius 1 is 1.25 bits per heavy atom. The maximum Gasteiger partial charge on any atom is 0.191 e. The monoisotopic (exact) mass is 237 g/mol. The summed E-state index contributed by atoms with van der Waals surface area (Å²) in [5, 5.41) is 8.41. The van der Waals surface area contributed by atoms with E-state index in [0.717, 1.165) is 12.0 Å². The third-order valence-corrected chi connectivity index (χ3v) is 3.68. The van der Waals surface area contributed by atoms with Crippen molar-refractivity contribution < 1.29 is 8.42 Å². The summed E-state index contributed by atoms with van der Waals surface area (Å²) < 4.78 is 23.1. The summed E-state index contributed by atoms with van der Waals surface area (Å²) in [7, 11) is -3.42. The summed E-state index contributed by atoms with van der Waals surface area (Å²) >= 11 is 0. The summed E-state index contributed by atoms with van der Waals surface area (Å²) in [6.07, 6.45) is 0.929. The van der Waals surface area contributed by atoms with E-state index in [9.17, 15) is 8.42 Å². The average molecular weight is 237 g/mol. The molecule has 0 radical (unpaired) electrons. The molecule has 1 aromatic carbocycles. The smallest absolute Gasteiger partial charge is 0.191 e. The van der Waals surface area contributed by atoms with E-state index in [0.29, 0.717) is 5.92 Å². The lowest BCUT2D eigenvalue weighted by molar-refractivity contribution is 0.599. The van der Waals surface area contributed by atoms with Crippen LogP contribution in [0.4, 0.5) is 0 Å². The highest BCUT2D eigenvalue weighted by atomic mass is 32.2. The van der Waals surface area contributed by atoms with Gasteiger partial charge >= 0.3 is 0 Å². The Morgan fingerprint density at radius 3 is 2.25 bits per heavy atom. The molecule has 4 heteroatoms. The van der Waals surface area contributed by atoms with Crippen molar-refractivity contribution >= 4 is 9.84 Å². The van der Waals surface area contributed by atoms with E-state index >= 15 is 0 Å². The first-order valence-electron chi connectivity index (χ1n) is 5.14. The van der Waals surface area contributed by atoms with Gasteiger partial charge in [-0.15, -0.1) is 0 Å². The molecule has 0 aliphatic rings. The Labute approximate surface area is 96.6 Å². The van der Waals surface area contributed by atoms with E-state index in [1.807, 2.05) is 12.1 Å². The lowest BCUT2D eigenvalue weighted by Crippen LogP contribution is -2.05. The van der Waals surface area contributed by atoms with Gasteiger partial charge in [-0.25, -0.2) is 8.42 Å². The third-order valence-electron chi connectivity index (χ3n) is 2.18. The zero-order valence-corrected chi connectivity index (χ0v) is 10.3. The van der Waals surface area contributed by atoms with Gasteiger partial charge in [-0.3, -0.25) is 0 Å². The zero-order chi connectivity index (χ0) is 12.2. The number of nitrogens with zero attached hydrogens (tertiary/aromatic N) is 1. The fraction of sp³-hybridized carbons (Fsp3) is 0.417. The van der Waals surface area contributed by atoms with Gasteiger partial charge in [0.15, 0.2) is 9.84 Å². The molecule has 0 saturated carbocycles. The van der Waals surface area contributed by atoms with Crippen LogP contribution in [0, 0.1) is 17.2 Å². The predicted molar refractivity (Wildman–Crippen MR) is 62.6 cm³/mol. The van der Waals surface area contributed by atoms with Crippen molar-refractivity contribution in [3.05, 3.63) is 29.8 Å². The second-order valence-corrected chi connectivity index (χ2v) is 6.15. The molecule has 0 aromatic heterocycles. The Kier molecular flexibility index (Phi) is 4.08. The highest BCUT2D eigenvalue weighted by Crippen LogP contribution is 2.14. The van der Waals surface area contributed by atoms with Gasteiger partial charge in [-0.05, 0) is 30.0 Å². The second kappa shape index (κ2) is 5.13. The number of hydrogen-bond donors (Lipinski definition) is 0. The molecular formula is C12H15NO2S. The molecule has 0 spiro atoms. The molecule has 0 aliphatic carbocycles. The highest BCUT2D eigenvalue weighted by Gasteiger charge is 2.13. The topological polar surface area (TPSA) is 57.9 Å². The minimum Gasteiger partial charge on any atom is -0.223 e. The number of nitriles is 1. The molecule has 0 saturated heterocycles. The quantitative estimate of drug-likeness (QED) is 0.806.